The van der Waals surface area contributed by atoms with Gasteiger partial charge >= 0.3 is 0 Å². The Morgan fingerprint density at radius 3 is 2.56 bits per heavy atom. The Hall–Kier alpha value is -1.90. The zero-order valence-electron chi connectivity index (χ0n) is 11.4. The second kappa shape index (κ2) is 4.77. The molecule has 18 heavy (non-hydrogen) atoms. The van der Waals surface area contributed by atoms with Crippen LogP contribution in [0.5, 0.6) is 0 Å². The summed E-state index contributed by atoms with van der Waals surface area (Å²) in [5, 5.41) is 3.13. The minimum Gasteiger partial charge on any atom is -0.388 e. The first kappa shape index (κ1) is 12.6. The van der Waals surface area contributed by atoms with Crippen LogP contribution in [-0.4, -0.2) is 17.0 Å². The van der Waals surface area contributed by atoms with Crippen LogP contribution in [0.15, 0.2) is 36.5 Å². The van der Waals surface area contributed by atoms with Crippen molar-refractivity contribution in [2.24, 2.45) is 0 Å². The van der Waals surface area contributed by atoms with E-state index in [4.69, 9.17) is 0 Å². The minimum atomic E-state index is 0.0400. The molecule has 1 aromatic heterocycles. The maximum absolute atomic E-state index is 4.65. The van der Waals surface area contributed by atoms with Crippen LogP contribution in [0.2, 0.25) is 0 Å². The number of hydrogen-bond donors (Lipinski definition) is 1. The van der Waals surface area contributed by atoms with Gasteiger partial charge in [-0.3, -0.25) is 0 Å². The summed E-state index contributed by atoms with van der Waals surface area (Å²) in [6.45, 7) is 6.47. The van der Waals surface area contributed by atoms with Gasteiger partial charge in [-0.25, -0.2) is 9.97 Å². The predicted molar refractivity (Wildman–Crippen MR) is 75.7 cm³/mol. The Morgan fingerprint density at radius 2 is 1.89 bits per heavy atom. The molecule has 3 heteroatoms. The molecule has 0 fully saturated rings. The molecule has 2 aromatic rings. The molecule has 0 unspecified atom stereocenters. The number of anilines is 1. The standard InChI is InChI=1S/C15H19N3/c1-15(2,3)13-8-9-17-14(18-13)11-6-5-7-12(10-11)16-4/h5-10,16H,1-4H3. The average Bonchev–Trinajstić information content (AvgIpc) is 2.38. The van der Waals surface area contributed by atoms with Crippen molar-refractivity contribution < 1.29 is 0 Å². The van der Waals surface area contributed by atoms with Gasteiger partial charge < -0.3 is 5.32 Å². The highest BCUT2D eigenvalue weighted by Gasteiger charge is 2.16. The van der Waals surface area contributed by atoms with Gasteiger partial charge in [0, 0.05) is 35.6 Å². The molecule has 1 N–H and O–H groups in total. The number of aromatic nitrogens is 2. The van der Waals surface area contributed by atoms with Gasteiger partial charge in [0.05, 0.1) is 0 Å². The Bertz CT molecular complexity index is 541. The van der Waals surface area contributed by atoms with Crippen molar-refractivity contribution in [2.45, 2.75) is 26.2 Å². The van der Waals surface area contributed by atoms with Gasteiger partial charge in [0.2, 0.25) is 0 Å². The molecule has 0 radical (unpaired) electrons. The van der Waals surface area contributed by atoms with Crippen LogP contribution in [-0.2, 0) is 5.41 Å². The molecule has 2 rings (SSSR count). The van der Waals surface area contributed by atoms with Crippen molar-refractivity contribution in [1.29, 1.82) is 0 Å². The summed E-state index contributed by atoms with van der Waals surface area (Å²) in [6, 6.07) is 10.1. The van der Waals surface area contributed by atoms with Crippen LogP contribution in [0.25, 0.3) is 11.4 Å². The van der Waals surface area contributed by atoms with Gasteiger partial charge in [-0.15, -0.1) is 0 Å². The normalized spacial score (nSPS) is 11.3. The zero-order chi connectivity index (χ0) is 13.2. The molecule has 0 spiro atoms. The number of rotatable bonds is 2. The molecule has 0 saturated heterocycles. The van der Waals surface area contributed by atoms with Crippen LogP contribution >= 0.6 is 0 Å². The Morgan fingerprint density at radius 1 is 1.11 bits per heavy atom. The molecule has 0 atom stereocenters. The summed E-state index contributed by atoms with van der Waals surface area (Å²) in [6.07, 6.45) is 1.83. The van der Waals surface area contributed by atoms with Crippen LogP contribution in [0.3, 0.4) is 0 Å². The summed E-state index contributed by atoms with van der Waals surface area (Å²) in [5.74, 6) is 0.777. The Labute approximate surface area is 108 Å². The maximum atomic E-state index is 4.65. The van der Waals surface area contributed by atoms with E-state index in [0.29, 0.717) is 0 Å². The average molecular weight is 241 g/mol. The topological polar surface area (TPSA) is 37.8 Å². The van der Waals surface area contributed by atoms with E-state index in [-0.39, 0.29) is 5.41 Å². The first-order valence-electron chi connectivity index (χ1n) is 6.12. The van der Waals surface area contributed by atoms with Gasteiger partial charge in [-0.2, -0.15) is 0 Å². The SMILES string of the molecule is CNc1cccc(-c2nccc(C(C)(C)C)n2)c1. The zero-order valence-corrected chi connectivity index (χ0v) is 11.4. The maximum Gasteiger partial charge on any atom is 0.159 e. The summed E-state index contributed by atoms with van der Waals surface area (Å²) in [5.41, 5.74) is 3.20. The molecule has 1 aromatic carbocycles. The molecule has 0 saturated carbocycles. The van der Waals surface area contributed by atoms with Crippen LogP contribution < -0.4 is 5.32 Å². The third-order valence-electron chi connectivity index (χ3n) is 2.83. The second-order valence-corrected chi connectivity index (χ2v) is 5.35. The van der Waals surface area contributed by atoms with Crippen LogP contribution in [0.1, 0.15) is 26.5 Å². The molecular weight excluding hydrogens is 222 g/mol. The second-order valence-electron chi connectivity index (χ2n) is 5.35. The van der Waals surface area contributed by atoms with Crippen molar-refractivity contribution in [3.8, 4) is 11.4 Å². The lowest BCUT2D eigenvalue weighted by Gasteiger charge is -2.17. The molecule has 0 aliphatic carbocycles. The van der Waals surface area contributed by atoms with E-state index in [2.05, 4.69) is 42.1 Å². The molecule has 0 bridgehead atoms. The minimum absolute atomic E-state index is 0.0400. The van der Waals surface area contributed by atoms with Gasteiger partial charge in [-0.05, 0) is 18.2 Å². The van der Waals surface area contributed by atoms with Gasteiger partial charge in [0.1, 0.15) is 0 Å². The fourth-order valence-electron chi connectivity index (χ4n) is 1.73. The van der Waals surface area contributed by atoms with E-state index in [1.807, 2.05) is 37.5 Å². The summed E-state index contributed by atoms with van der Waals surface area (Å²) in [4.78, 5) is 9.01. The third kappa shape index (κ3) is 2.67. The molecule has 3 nitrogen and oxygen atoms in total. The summed E-state index contributed by atoms with van der Waals surface area (Å²) in [7, 11) is 1.91. The molecule has 1 heterocycles. The van der Waals surface area contributed by atoms with Crippen molar-refractivity contribution in [3.63, 3.8) is 0 Å². The molecule has 94 valence electrons. The predicted octanol–water partition coefficient (Wildman–Crippen LogP) is 3.48. The van der Waals surface area contributed by atoms with E-state index in [1.54, 1.807) is 0 Å². The van der Waals surface area contributed by atoms with Gasteiger partial charge in [0.15, 0.2) is 5.82 Å². The first-order chi connectivity index (χ1) is 8.50. The Balaban J connectivity index is 2.44. The lowest BCUT2D eigenvalue weighted by molar-refractivity contribution is 0.568. The summed E-state index contributed by atoms with van der Waals surface area (Å²) < 4.78 is 0. The van der Waals surface area contributed by atoms with E-state index in [9.17, 15) is 0 Å². The lowest BCUT2D eigenvalue weighted by Crippen LogP contribution is -2.14. The van der Waals surface area contributed by atoms with Crippen molar-refractivity contribution in [3.05, 3.63) is 42.2 Å². The van der Waals surface area contributed by atoms with Crippen LogP contribution in [0.4, 0.5) is 5.69 Å². The van der Waals surface area contributed by atoms with E-state index >= 15 is 0 Å². The van der Waals surface area contributed by atoms with Crippen LogP contribution in [0, 0.1) is 0 Å². The van der Waals surface area contributed by atoms with Crippen molar-refractivity contribution in [1.82, 2.24) is 9.97 Å². The lowest BCUT2D eigenvalue weighted by atomic mass is 9.92. The van der Waals surface area contributed by atoms with Crippen molar-refractivity contribution >= 4 is 5.69 Å². The highest BCUT2D eigenvalue weighted by molar-refractivity contribution is 5.62. The highest BCUT2D eigenvalue weighted by atomic mass is 14.9. The largest absolute Gasteiger partial charge is 0.388 e. The fraction of sp³-hybridized carbons (Fsp3) is 0.333. The van der Waals surface area contributed by atoms with Gasteiger partial charge in [0.25, 0.3) is 0 Å². The molecule has 0 aliphatic heterocycles. The quantitative estimate of drug-likeness (QED) is 0.874. The Kier molecular flexibility index (Phi) is 3.32. The number of nitrogens with zero attached hydrogens (tertiary/aromatic N) is 2. The third-order valence-corrected chi connectivity index (χ3v) is 2.83. The highest BCUT2D eigenvalue weighted by Crippen LogP contribution is 2.23. The van der Waals surface area contributed by atoms with Gasteiger partial charge in [-0.1, -0.05) is 32.9 Å². The fourth-order valence-corrected chi connectivity index (χ4v) is 1.73. The monoisotopic (exact) mass is 241 g/mol. The first-order valence-corrected chi connectivity index (χ1v) is 6.12. The van der Waals surface area contributed by atoms with E-state index in [0.717, 1.165) is 22.8 Å². The smallest absolute Gasteiger partial charge is 0.159 e. The number of hydrogen-bond acceptors (Lipinski definition) is 3. The molecular formula is C15H19N3. The molecule has 0 amide bonds. The molecule has 0 aliphatic rings. The number of nitrogens with one attached hydrogen (secondary N) is 1. The van der Waals surface area contributed by atoms with E-state index < -0.39 is 0 Å². The van der Waals surface area contributed by atoms with Crippen molar-refractivity contribution in [2.75, 3.05) is 12.4 Å². The number of benzene rings is 1. The van der Waals surface area contributed by atoms with E-state index in [1.165, 1.54) is 0 Å². The summed E-state index contributed by atoms with van der Waals surface area (Å²) >= 11 is 0.